The van der Waals surface area contributed by atoms with Gasteiger partial charge in [0.05, 0.1) is 0 Å². The van der Waals surface area contributed by atoms with Crippen molar-refractivity contribution in [1.29, 1.82) is 0 Å². The molecule has 0 atom stereocenters. The van der Waals surface area contributed by atoms with Gasteiger partial charge in [-0.25, -0.2) is 4.99 Å². The van der Waals surface area contributed by atoms with Crippen LogP contribution < -0.4 is 5.32 Å². The Labute approximate surface area is 168 Å². The van der Waals surface area contributed by atoms with Crippen molar-refractivity contribution in [1.82, 2.24) is 20.0 Å². The summed E-state index contributed by atoms with van der Waals surface area (Å²) in [5.74, 6) is 0.861. The molecule has 0 spiro atoms. The third-order valence-electron chi connectivity index (χ3n) is 4.12. The Morgan fingerprint density at radius 1 is 1.16 bits per heavy atom. The lowest BCUT2D eigenvalue weighted by atomic mass is 10.2. The SMILES string of the molecule is CCNC(=NCC(=O)N(C)C)N1CCN(Cc2ccccc2)CC1.I. The molecule has 1 aromatic rings. The number of benzene rings is 1. The van der Waals surface area contributed by atoms with Gasteiger partial charge in [0, 0.05) is 53.4 Å². The van der Waals surface area contributed by atoms with E-state index in [4.69, 9.17) is 0 Å². The van der Waals surface area contributed by atoms with Gasteiger partial charge in [0.2, 0.25) is 5.91 Å². The second-order valence-corrected chi connectivity index (χ2v) is 6.21. The highest BCUT2D eigenvalue weighted by Gasteiger charge is 2.19. The summed E-state index contributed by atoms with van der Waals surface area (Å²) in [6.07, 6.45) is 0. The fraction of sp³-hybridized carbons (Fsp3) is 0.556. The van der Waals surface area contributed by atoms with Gasteiger partial charge in [0.25, 0.3) is 0 Å². The van der Waals surface area contributed by atoms with E-state index in [1.54, 1.807) is 19.0 Å². The molecule has 140 valence electrons. The maximum atomic E-state index is 11.8. The van der Waals surface area contributed by atoms with E-state index in [9.17, 15) is 4.79 Å². The summed E-state index contributed by atoms with van der Waals surface area (Å²) < 4.78 is 0. The number of carbonyl (C=O) groups excluding carboxylic acids is 1. The first-order valence-corrected chi connectivity index (χ1v) is 8.60. The van der Waals surface area contributed by atoms with Crippen LogP contribution in [0.15, 0.2) is 35.3 Å². The number of aliphatic imine (C=N–C) groups is 1. The van der Waals surface area contributed by atoms with Crippen molar-refractivity contribution in [2.45, 2.75) is 13.5 Å². The van der Waals surface area contributed by atoms with Gasteiger partial charge in [-0.15, -0.1) is 24.0 Å². The van der Waals surface area contributed by atoms with Gasteiger partial charge in [0.15, 0.2) is 5.96 Å². The summed E-state index contributed by atoms with van der Waals surface area (Å²) in [6.45, 7) is 7.89. The molecule has 1 amide bonds. The van der Waals surface area contributed by atoms with Crippen molar-refractivity contribution < 1.29 is 4.79 Å². The van der Waals surface area contributed by atoms with E-state index in [2.05, 4.69) is 57.4 Å². The second-order valence-electron chi connectivity index (χ2n) is 6.21. The van der Waals surface area contributed by atoms with Crippen molar-refractivity contribution in [3.63, 3.8) is 0 Å². The molecule has 0 radical (unpaired) electrons. The highest BCUT2D eigenvalue weighted by atomic mass is 127. The van der Waals surface area contributed by atoms with Crippen molar-refractivity contribution in [2.24, 2.45) is 4.99 Å². The molecule has 7 heteroatoms. The topological polar surface area (TPSA) is 51.2 Å². The molecule has 0 saturated carbocycles. The molecule has 1 saturated heterocycles. The smallest absolute Gasteiger partial charge is 0.243 e. The Bertz CT molecular complexity index is 542. The molecule has 0 bridgehead atoms. The summed E-state index contributed by atoms with van der Waals surface area (Å²) in [4.78, 5) is 22.5. The van der Waals surface area contributed by atoms with Crippen molar-refractivity contribution in [3.05, 3.63) is 35.9 Å². The zero-order valence-corrected chi connectivity index (χ0v) is 17.8. The predicted octanol–water partition coefficient (Wildman–Crippen LogP) is 1.48. The van der Waals surface area contributed by atoms with Crippen LogP contribution in [0.4, 0.5) is 0 Å². The van der Waals surface area contributed by atoms with Crippen LogP contribution in [-0.4, -0.2) is 79.9 Å². The molecule has 1 heterocycles. The van der Waals surface area contributed by atoms with Gasteiger partial charge in [0.1, 0.15) is 6.54 Å². The number of piperazine rings is 1. The average Bonchev–Trinajstić information content (AvgIpc) is 2.60. The van der Waals surface area contributed by atoms with Gasteiger partial charge in [-0.2, -0.15) is 0 Å². The largest absolute Gasteiger partial charge is 0.357 e. The molecule has 1 aliphatic heterocycles. The Balaban J connectivity index is 0.00000312. The van der Waals surface area contributed by atoms with Gasteiger partial charge in [-0.05, 0) is 12.5 Å². The molecule has 2 rings (SSSR count). The number of guanidine groups is 1. The zero-order valence-electron chi connectivity index (χ0n) is 15.4. The van der Waals surface area contributed by atoms with Crippen LogP contribution in [0, 0.1) is 0 Å². The average molecular weight is 459 g/mol. The minimum absolute atomic E-state index is 0. The minimum Gasteiger partial charge on any atom is -0.357 e. The van der Waals surface area contributed by atoms with E-state index in [1.165, 1.54) is 5.56 Å². The number of halogens is 1. The van der Waals surface area contributed by atoms with Crippen molar-refractivity contribution in [3.8, 4) is 0 Å². The fourth-order valence-corrected chi connectivity index (χ4v) is 2.67. The molecule has 1 fully saturated rings. The molecular weight excluding hydrogens is 429 g/mol. The first-order chi connectivity index (χ1) is 11.6. The van der Waals surface area contributed by atoms with Crippen LogP contribution >= 0.6 is 24.0 Å². The van der Waals surface area contributed by atoms with Crippen molar-refractivity contribution in [2.75, 3.05) is 53.4 Å². The van der Waals surface area contributed by atoms with Crippen LogP contribution in [0.2, 0.25) is 0 Å². The summed E-state index contributed by atoms with van der Waals surface area (Å²) in [5.41, 5.74) is 1.35. The van der Waals surface area contributed by atoms with Crippen LogP contribution in [0.1, 0.15) is 12.5 Å². The predicted molar refractivity (Wildman–Crippen MR) is 113 cm³/mol. The fourth-order valence-electron chi connectivity index (χ4n) is 2.67. The molecule has 1 N–H and O–H groups in total. The van der Waals surface area contributed by atoms with Gasteiger partial charge in [-0.3, -0.25) is 9.69 Å². The van der Waals surface area contributed by atoms with Crippen LogP contribution in [0.25, 0.3) is 0 Å². The third kappa shape index (κ3) is 7.19. The van der Waals surface area contributed by atoms with Gasteiger partial charge < -0.3 is 15.1 Å². The second kappa shape index (κ2) is 11.3. The number of amides is 1. The Kier molecular flexibility index (Phi) is 9.81. The van der Waals surface area contributed by atoms with Crippen LogP contribution in [0.3, 0.4) is 0 Å². The van der Waals surface area contributed by atoms with E-state index in [-0.39, 0.29) is 36.4 Å². The van der Waals surface area contributed by atoms with Gasteiger partial charge in [-0.1, -0.05) is 30.3 Å². The first kappa shape index (κ1) is 21.7. The van der Waals surface area contributed by atoms with Gasteiger partial charge >= 0.3 is 0 Å². The minimum atomic E-state index is 0. The summed E-state index contributed by atoms with van der Waals surface area (Å²) in [5, 5.41) is 3.30. The molecule has 0 aromatic heterocycles. The van der Waals surface area contributed by atoms with Crippen molar-refractivity contribution >= 4 is 35.8 Å². The quantitative estimate of drug-likeness (QED) is 0.412. The lowest BCUT2D eigenvalue weighted by Gasteiger charge is -2.36. The highest BCUT2D eigenvalue weighted by Crippen LogP contribution is 2.08. The Morgan fingerprint density at radius 2 is 1.80 bits per heavy atom. The monoisotopic (exact) mass is 459 g/mol. The Morgan fingerprint density at radius 3 is 2.36 bits per heavy atom. The van der Waals surface area contributed by atoms with E-state index in [0.717, 1.165) is 45.2 Å². The summed E-state index contributed by atoms with van der Waals surface area (Å²) in [6, 6.07) is 10.6. The van der Waals surface area contributed by atoms with E-state index >= 15 is 0 Å². The number of nitrogens with one attached hydrogen (secondary N) is 1. The van der Waals surface area contributed by atoms with Crippen LogP contribution in [0.5, 0.6) is 0 Å². The third-order valence-corrected chi connectivity index (χ3v) is 4.12. The number of hydrogen-bond acceptors (Lipinski definition) is 3. The lowest BCUT2D eigenvalue weighted by Crippen LogP contribution is -2.52. The molecular formula is C18H30IN5O. The van der Waals surface area contributed by atoms with E-state index in [1.807, 2.05) is 0 Å². The molecule has 6 nitrogen and oxygen atoms in total. The maximum Gasteiger partial charge on any atom is 0.243 e. The number of likely N-dealkylation sites (N-methyl/N-ethyl adjacent to an activating group) is 1. The first-order valence-electron chi connectivity index (χ1n) is 8.60. The summed E-state index contributed by atoms with van der Waals surface area (Å²) in [7, 11) is 3.51. The summed E-state index contributed by atoms with van der Waals surface area (Å²) >= 11 is 0. The normalized spacial score (nSPS) is 15.5. The molecule has 1 aliphatic rings. The zero-order chi connectivity index (χ0) is 17.4. The molecule has 0 unspecified atom stereocenters. The molecule has 0 aliphatic carbocycles. The molecule has 1 aromatic carbocycles. The highest BCUT2D eigenvalue weighted by molar-refractivity contribution is 14.0. The standard InChI is InChI=1S/C18H29N5O.HI/c1-4-19-18(20-14-17(24)21(2)3)23-12-10-22(11-13-23)15-16-8-6-5-7-9-16;/h5-9H,4,10-15H2,1-3H3,(H,19,20);1H. The number of rotatable bonds is 5. The van der Waals surface area contributed by atoms with Crippen LogP contribution in [-0.2, 0) is 11.3 Å². The molecule has 25 heavy (non-hydrogen) atoms. The lowest BCUT2D eigenvalue weighted by molar-refractivity contribution is -0.127. The van der Waals surface area contributed by atoms with E-state index < -0.39 is 0 Å². The number of carbonyl (C=O) groups is 1. The number of nitrogens with zero attached hydrogens (tertiary/aromatic N) is 4. The number of hydrogen-bond donors (Lipinski definition) is 1. The van der Waals surface area contributed by atoms with E-state index in [0.29, 0.717) is 0 Å². The Hall–Kier alpha value is -1.35. The maximum absolute atomic E-state index is 11.8.